The summed E-state index contributed by atoms with van der Waals surface area (Å²) < 4.78 is 0. The van der Waals surface area contributed by atoms with Crippen molar-refractivity contribution in [3.8, 4) is 0 Å². The topological polar surface area (TPSA) is 35.9 Å². The summed E-state index contributed by atoms with van der Waals surface area (Å²) >= 11 is 0. The lowest BCUT2D eigenvalue weighted by Gasteiger charge is -2.00. The van der Waals surface area contributed by atoms with E-state index in [0.717, 1.165) is 12.1 Å². The first-order valence-electron chi connectivity index (χ1n) is 3.80. The van der Waals surface area contributed by atoms with Gasteiger partial charge in [-0.1, -0.05) is 6.92 Å². The summed E-state index contributed by atoms with van der Waals surface area (Å²) in [6.07, 6.45) is 6.14. The van der Waals surface area contributed by atoms with Crippen LogP contribution in [0.1, 0.15) is 20.3 Å². The van der Waals surface area contributed by atoms with Crippen LogP contribution in [0.15, 0.2) is 23.4 Å². The van der Waals surface area contributed by atoms with Crippen molar-refractivity contribution in [3.63, 3.8) is 0 Å². The Kier molecular flexibility index (Phi) is 5.17. The van der Waals surface area contributed by atoms with Crippen LogP contribution in [0.25, 0.3) is 0 Å². The van der Waals surface area contributed by atoms with Gasteiger partial charge in [0.25, 0.3) is 0 Å². The third-order valence-corrected chi connectivity index (χ3v) is 1.50. The molecule has 0 rings (SSSR count). The van der Waals surface area contributed by atoms with E-state index in [9.17, 15) is 0 Å². The molecule has 0 heterocycles. The molecule has 0 aliphatic carbocycles. The van der Waals surface area contributed by atoms with Gasteiger partial charge >= 0.3 is 0 Å². The van der Waals surface area contributed by atoms with E-state index < -0.39 is 0 Å². The van der Waals surface area contributed by atoms with Crippen molar-refractivity contribution in [2.75, 3.05) is 7.05 Å². The van der Waals surface area contributed by atoms with E-state index in [1.165, 1.54) is 11.8 Å². The average Bonchev–Trinajstić information content (AvgIpc) is 2.03. The minimum Gasteiger partial charge on any atom is -0.392 e. The molecule has 0 amide bonds. The molecule has 0 aromatic heterocycles. The molecule has 62 valence electrons. The van der Waals surface area contributed by atoms with E-state index in [-0.39, 0.29) is 0 Å². The van der Waals surface area contributed by atoms with Gasteiger partial charge in [-0.3, -0.25) is 0 Å². The molecule has 2 nitrogen and oxygen atoms in total. The van der Waals surface area contributed by atoms with E-state index in [2.05, 4.69) is 12.2 Å². The summed E-state index contributed by atoms with van der Waals surface area (Å²) in [5, 5.41) is 9.92. The smallest absolute Gasteiger partial charge is 0.0180 e. The molecular weight excluding hydrogens is 136 g/mol. The average molecular weight is 152 g/mol. The van der Waals surface area contributed by atoms with Crippen LogP contribution in [0.4, 0.5) is 0 Å². The fraction of sp³-hybridized carbons (Fsp3) is 0.444. The summed E-state index contributed by atoms with van der Waals surface area (Å²) in [6.45, 7) is 4.09. The standard InChI is InChI=1S/C9H16N2/c1-4-9(5-6-10)7-8(2)11-3/h5-7,10-11H,4H2,1-3H3/b8-7-,9-5+,10-6?. The highest BCUT2D eigenvalue weighted by Gasteiger charge is 1.87. The number of hydrogen-bond donors (Lipinski definition) is 2. The third kappa shape index (κ3) is 4.37. The first-order chi connectivity index (χ1) is 5.24. The van der Waals surface area contributed by atoms with Gasteiger partial charge in [-0.05, 0) is 31.1 Å². The number of hydrogen-bond acceptors (Lipinski definition) is 2. The van der Waals surface area contributed by atoms with E-state index in [1.807, 2.05) is 20.0 Å². The van der Waals surface area contributed by atoms with Gasteiger partial charge in [0.1, 0.15) is 0 Å². The zero-order chi connectivity index (χ0) is 8.69. The highest BCUT2D eigenvalue weighted by atomic mass is 14.8. The van der Waals surface area contributed by atoms with E-state index in [0.29, 0.717) is 0 Å². The van der Waals surface area contributed by atoms with Gasteiger partial charge in [-0.2, -0.15) is 0 Å². The van der Waals surface area contributed by atoms with Gasteiger partial charge in [0.05, 0.1) is 0 Å². The van der Waals surface area contributed by atoms with Crippen molar-refractivity contribution in [1.82, 2.24) is 5.32 Å². The number of nitrogens with one attached hydrogen (secondary N) is 2. The van der Waals surface area contributed by atoms with Crippen molar-refractivity contribution in [2.45, 2.75) is 20.3 Å². The first-order valence-corrected chi connectivity index (χ1v) is 3.80. The Hall–Kier alpha value is -1.05. The van der Waals surface area contributed by atoms with Crippen LogP contribution in [0.2, 0.25) is 0 Å². The molecule has 2 heteroatoms. The molecule has 0 aromatic rings. The molecule has 0 bridgehead atoms. The fourth-order valence-electron chi connectivity index (χ4n) is 0.725. The monoisotopic (exact) mass is 152 g/mol. The molecule has 0 atom stereocenters. The molecule has 0 aromatic carbocycles. The lowest BCUT2D eigenvalue weighted by atomic mass is 10.1. The van der Waals surface area contributed by atoms with Crippen molar-refractivity contribution in [2.24, 2.45) is 0 Å². The van der Waals surface area contributed by atoms with Crippen molar-refractivity contribution < 1.29 is 0 Å². The van der Waals surface area contributed by atoms with E-state index >= 15 is 0 Å². The maximum atomic E-state index is 6.89. The van der Waals surface area contributed by atoms with Crippen molar-refractivity contribution >= 4 is 6.21 Å². The minimum atomic E-state index is 0.967. The molecule has 0 saturated heterocycles. The van der Waals surface area contributed by atoms with E-state index in [1.54, 1.807) is 6.08 Å². The van der Waals surface area contributed by atoms with Crippen LogP contribution in [0.3, 0.4) is 0 Å². The first kappa shape index (κ1) is 9.95. The lowest BCUT2D eigenvalue weighted by Crippen LogP contribution is -2.01. The van der Waals surface area contributed by atoms with E-state index in [4.69, 9.17) is 5.41 Å². The molecule has 0 saturated carbocycles. The number of rotatable bonds is 4. The molecule has 0 fully saturated rings. The summed E-state index contributed by atoms with van der Waals surface area (Å²) in [5.41, 5.74) is 2.30. The van der Waals surface area contributed by atoms with Crippen LogP contribution < -0.4 is 5.32 Å². The van der Waals surface area contributed by atoms with Gasteiger partial charge in [0.2, 0.25) is 0 Å². The second-order valence-electron chi connectivity index (χ2n) is 2.34. The summed E-state index contributed by atoms with van der Waals surface area (Å²) in [4.78, 5) is 0. The van der Waals surface area contributed by atoms with Crippen molar-refractivity contribution in [3.05, 3.63) is 23.4 Å². The van der Waals surface area contributed by atoms with Crippen LogP contribution in [0.5, 0.6) is 0 Å². The Bertz CT molecular complexity index is 178. The van der Waals surface area contributed by atoms with Crippen LogP contribution in [-0.4, -0.2) is 13.3 Å². The minimum absolute atomic E-state index is 0.967. The third-order valence-electron chi connectivity index (χ3n) is 1.50. The molecular formula is C9H16N2. The van der Waals surface area contributed by atoms with Gasteiger partial charge in [0.15, 0.2) is 0 Å². The molecule has 0 aliphatic heterocycles. The predicted octanol–water partition coefficient (Wildman–Crippen LogP) is 2.10. The molecule has 0 spiro atoms. The zero-order valence-corrected chi connectivity index (χ0v) is 7.44. The second kappa shape index (κ2) is 5.71. The zero-order valence-electron chi connectivity index (χ0n) is 7.44. The lowest BCUT2D eigenvalue weighted by molar-refractivity contribution is 0.978. The van der Waals surface area contributed by atoms with Gasteiger partial charge in [-0.15, -0.1) is 0 Å². The van der Waals surface area contributed by atoms with Crippen molar-refractivity contribution in [1.29, 1.82) is 5.41 Å². The number of allylic oxidation sites excluding steroid dienone is 4. The normalized spacial score (nSPS) is 13.0. The Balaban J connectivity index is 4.28. The van der Waals surface area contributed by atoms with Gasteiger partial charge in [-0.25, -0.2) is 0 Å². The quantitative estimate of drug-likeness (QED) is 0.469. The molecule has 0 aliphatic rings. The van der Waals surface area contributed by atoms with Crippen LogP contribution in [-0.2, 0) is 0 Å². The second-order valence-corrected chi connectivity index (χ2v) is 2.34. The Morgan fingerprint density at radius 1 is 1.55 bits per heavy atom. The molecule has 0 radical (unpaired) electrons. The maximum Gasteiger partial charge on any atom is 0.0180 e. The Labute approximate surface area is 68.5 Å². The largest absolute Gasteiger partial charge is 0.392 e. The Morgan fingerprint density at radius 3 is 2.55 bits per heavy atom. The van der Waals surface area contributed by atoms with Gasteiger partial charge < -0.3 is 10.7 Å². The summed E-state index contributed by atoms with van der Waals surface area (Å²) in [6, 6.07) is 0. The SMILES string of the molecule is CCC(/C=C(/C)NC)=C\C=N. The fourth-order valence-corrected chi connectivity index (χ4v) is 0.725. The Morgan fingerprint density at radius 2 is 2.18 bits per heavy atom. The predicted molar refractivity (Wildman–Crippen MR) is 50.0 cm³/mol. The van der Waals surface area contributed by atoms with Gasteiger partial charge in [0, 0.05) is 19.0 Å². The highest BCUT2D eigenvalue weighted by Crippen LogP contribution is 2.03. The molecule has 2 N–H and O–H groups in total. The van der Waals surface area contributed by atoms with Crippen LogP contribution in [0, 0.1) is 5.41 Å². The summed E-state index contributed by atoms with van der Waals surface area (Å²) in [5.74, 6) is 0. The van der Waals surface area contributed by atoms with Crippen LogP contribution >= 0.6 is 0 Å². The molecule has 0 unspecified atom stereocenters. The molecule has 11 heavy (non-hydrogen) atoms. The maximum absolute atomic E-state index is 6.89. The summed E-state index contributed by atoms with van der Waals surface area (Å²) in [7, 11) is 1.89. The highest BCUT2D eigenvalue weighted by molar-refractivity contribution is 5.69.